The third-order valence-electron chi connectivity index (χ3n) is 2.44. The zero-order chi connectivity index (χ0) is 7.07. The highest BCUT2D eigenvalue weighted by atomic mass is 15.0. The monoisotopic (exact) mass is 125 g/mol. The molecule has 52 valence electrons. The predicted molar refractivity (Wildman–Crippen MR) is 40.1 cm³/mol. The Morgan fingerprint density at radius 3 is 2.22 bits per heavy atom. The van der Waals surface area contributed by atoms with Crippen LogP contribution >= 0.6 is 0 Å². The first-order valence-corrected chi connectivity index (χ1v) is 3.48. The van der Waals surface area contributed by atoms with Crippen LogP contribution in [0.1, 0.15) is 27.7 Å². The number of nitrogens with one attached hydrogen (secondary N) is 1. The molecule has 0 spiro atoms. The van der Waals surface area contributed by atoms with Crippen molar-refractivity contribution in [2.75, 3.05) is 0 Å². The minimum Gasteiger partial charge on any atom is -0.385 e. The van der Waals surface area contributed by atoms with E-state index in [0.717, 1.165) is 0 Å². The third-order valence-corrected chi connectivity index (χ3v) is 2.44. The Kier molecular flexibility index (Phi) is 1.30. The molecule has 0 aromatic rings. The van der Waals surface area contributed by atoms with Crippen molar-refractivity contribution in [2.45, 2.75) is 33.2 Å². The lowest BCUT2D eigenvalue weighted by atomic mass is 9.88. The second kappa shape index (κ2) is 1.76. The van der Waals surface area contributed by atoms with Gasteiger partial charge in [0.2, 0.25) is 0 Å². The van der Waals surface area contributed by atoms with E-state index in [-0.39, 0.29) is 5.54 Å². The van der Waals surface area contributed by atoms with Gasteiger partial charge < -0.3 is 5.32 Å². The molecular weight excluding hydrogens is 110 g/mol. The second-order valence-electron chi connectivity index (χ2n) is 3.48. The van der Waals surface area contributed by atoms with Crippen molar-refractivity contribution in [3.8, 4) is 0 Å². The van der Waals surface area contributed by atoms with Gasteiger partial charge in [-0.15, -0.1) is 0 Å². The summed E-state index contributed by atoms with van der Waals surface area (Å²) in [5.41, 5.74) is 1.74. The first-order valence-electron chi connectivity index (χ1n) is 3.48. The molecule has 1 aliphatic heterocycles. The van der Waals surface area contributed by atoms with Gasteiger partial charge in [0, 0.05) is 11.5 Å². The van der Waals surface area contributed by atoms with Gasteiger partial charge in [-0.2, -0.15) is 0 Å². The van der Waals surface area contributed by atoms with Crippen LogP contribution in [0, 0.1) is 5.92 Å². The maximum atomic E-state index is 3.33. The van der Waals surface area contributed by atoms with Gasteiger partial charge in [-0.25, -0.2) is 0 Å². The van der Waals surface area contributed by atoms with Crippen molar-refractivity contribution in [3.63, 3.8) is 0 Å². The Morgan fingerprint density at radius 1 is 1.56 bits per heavy atom. The lowest BCUT2D eigenvalue weighted by Gasteiger charge is -2.25. The van der Waals surface area contributed by atoms with Crippen LogP contribution in [0.2, 0.25) is 0 Å². The molecule has 0 aliphatic carbocycles. The lowest BCUT2D eigenvalue weighted by molar-refractivity contribution is 0.372. The molecule has 0 fully saturated rings. The summed E-state index contributed by atoms with van der Waals surface area (Å²) in [7, 11) is 0. The molecule has 0 amide bonds. The molecule has 1 rings (SSSR count). The van der Waals surface area contributed by atoms with Crippen molar-refractivity contribution in [3.05, 3.63) is 11.8 Å². The zero-order valence-corrected chi connectivity index (χ0v) is 6.65. The minimum absolute atomic E-state index is 0.282. The first-order chi connectivity index (χ1) is 4.04. The summed E-state index contributed by atoms with van der Waals surface area (Å²) in [4.78, 5) is 0. The van der Waals surface area contributed by atoms with E-state index in [1.807, 2.05) is 0 Å². The topological polar surface area (TPSA) is 12.0 Å². The predicted octanol–water partition coefficient (Wildman–Crippen LogP) is 1.91. The highest BCUT2D eigenvalue weighted by Crippen LogP contribution is 2.28. The number of hydrogen-bond acceptors (Lipinski definition) is 1. The van der Waals surface area contributed by atoms with Gasteiger partial charge in [-0.1, -0.05) is 12.5 Å². The van der Waals surface area contributed by atoms with Gasteiger partial charge in [-0.05, 0) is 27.0 Å². The zero-order valence-electron chi connectivity index (χ0n) is 6.65. The van der Waals surface area contributed by atoms with E-state index in [9.17, 15) is 0 Å². The molecule has 1 heterocycles. The summed E-state index contributed by atoms with van der Waals surface area (Å²) in [6, 6.07) is 0. The van der Waals surface area contributed by atoms with Crippen LogP contribution in [-0.2, 0) is 0 Å². The van der Waals surface area contributed by atoms with Crippen LogP contribution in [-0.4, -0.2) is 5.54 Å². The van der Waals surface area contributed by atoms with E-state index in [1.54, 1.807) is 0 Å². The minimum atomic E-state index is 0.282. The molecule has 1 unspecified atom stereocenters. The van der Waals surface area contributed by atoms with E-state index >= 15 is 0 Å². The molecule has 1 heteroatoms. The average Bonchev–Trinajstić information content (AvgIpc) is 1.97. The smallest absolute Gasteiger partial charge is 0.0375 e. The van der Waals surface area contributed by atoms with Gasteiger partial charge >= 0.3 is 0 Å². The quantitative estimate of drug-likeness (QED) is 0.521. The molecule has 1 aliphatic rings. The van der Waals surface area contributed by atoms with Crippen molar-refractivity contribution in [1.82, 2.24) is 5.32 Å². The molecular formula is C8H15N. The van der Waals surface area contributed by atoms with Crippen LogP contribution in [0.15, 0.2) is 11.8 Å². The van der Waals surface area contributed by atoms with Crippen molar-refractivity contribution < 1.29 is 0 Å². The molecule has 1 N–H and O–H groups in total. The average molecular weight is 125 g/mol. The van der Waals surface area contributed by atoms with Crippen LogP contribution < -0.4 is 5.32 Å². The SMILES string of the molecule is CC1=CNC(C)(C)C1C. The lowest BCUT2D eigenvalue weighted by Crippen LogP contribution is -2.36. The normalized spacial score (nSPS) is 31.6. The number of rotatable bonds is 0. The molecule has 0 saturated heterocycles. The van der Waals surface area contributed by atoms with Crippen molar-refractivity contribution in [1.29, 1.82) is 0 Å². The molecule has 1 atom stereocenters. The van der Waals surface area contributed by atoms with Gasteiger partial charge in [0.1, 0.15) is 0 Å². The standard InChI is InChI=1S/C8H15N/c1-6-5-9-8(3,4)7(6)2/h5,7,9H,1-4H3. The highest BCUT2D eigenvalue weighted by molar-refractivity contribution is 5.16. The maximum absolute atomic E-state index is 3.33. The summed E-state index contributed by atoms with van der Waals surface area (Å²) in [6.07, 6.45) is 2.12. The van der Waals surface area contributed by atoms with E-state index in [2.05, 4.69) is 39.2 Å². The summed E-state index contributed by atoms with van der Waals surface area (Å²) in [6.45, 7) is 8.88. The van der Waals surface area contributed by atoms with E-state index in [1.165, 1.54) is 5.57 Å². The van der Waals surface area contributed by atoms with E-state index in [4.69, 9.17) is 0 Å². The Bertz CT molecular complexity index is 145. The van der Waals surface area contributed by atoms with Gasteiger partial charge in [0.25, 0.3) is 0 Å². The summed E-state index contributed by atoms with van der Waals surface area (Å²) < 4.78 is 0. The van der Waals surface area contributed by atoms with Crippen LogP contribution in [0.5, 0.6) is 0 Å². The van der Waals surface area contributed by atoms with Crippen LogP contribution in [0.3, 0.4) is 0 Å². The molecule has 0 radical (unpaired) electrons. The van der Waals surface area contributed by atoms with Gasteiger partial charge in [-0.3, -0.25) is 0 Å². The van der Waals surface area contributed by atoms with Crippen LogP contribution in [0.25, 0.3) is 0 Å². The first kappa shape index (κ1) is 6.66. The Morgan fingerprint density at radius 2 is 2.11 bits per heavy atom. The van der Waals surface area contributed by atoms with E-state index in [0.29, 0.717) is 5.92 Å². The second-order valence-corrected chi connectivity index (χ2v) is 3.48. The highest BCUT2D eigenvalue weighted by Gasteiger charge is 2.29. The molecule has 9 heavy (non-hydrogen) atoms. The fourth-order valence-corrected chi connectivity index (χ4v) is 1.12. The van der Waals surface area contributed by atoms with Crippen molar-refractivity contribution in [2.24, 2.45) is 5.92 Å². The summed E-state index contributed by atoms with van der Waals surface area (Å²) in [5, 5.41) is 3.33. The van der Waals surface area contributed by atoms with Gasteiger partial charge in [0.05, 0.1) is 0 Å². The summed E-state index contributed by atoms with van der Waals surface area (Å²) >= 11 is 0. The largest absolute Gasteiger partial charge is 0.385 e. The van der Waals surface area contributed by atoms with Crippen molar-refractivity contribution >= 4 is 0 Å². The third kappa shape index (κ3) is 0.958. The Labute approximate surface area is 57.1 Å². The molecule has 0 aromatic heterocycles. The molecule has 0 bridgehead atoms. The molecule has 1 nitrogen and oxygen atoms in total. The van der Waals surface area contributed by atoms with Crippen LogP contribution in [0.4, 0.5) is 0 Å². The fourth-order valence-electron chi connectivity index (χ4n) is 1.12. The van der Waals surface area contributed by atoms with E-state index < -0.39 is 0 Å². The maximum Gasteiger partial charge on any atom is 0.0375 e. The summed E-state index contributed by atoms with van der Waals surface area (Å²) in [5.74, 6) is 0.678. The molecule has 0 saturated carbocycles. The fraction of sp³-hybridized carbons (Fsp3) is 0.750. The van der Waals surface area contributed by atoms with Gasteiger partial charge in [0.15, 0.2) is 0 Å². The molecule has 0 aromatic carbocycles. The Balaban J connectivity index is 2.73. The Hall–Kier alpha value is -0.460. The number of hydrogen-bond donors (Lipinski definition) is 1.